The number of allylic oxidation sites excluding steroid dienone is 2. The van der Waals surface area contributed by atoms with Crippen LogP contribution in [-0.4, -0.2) is 34.5 Å². The summed E-state index contributed by atoms with van der Waals surface area (Å²) < 4.78 is 12.1. The van der Waals surface area contributed by atoms with Gasteiger partial charge in [0.2, 0.25) is 17.7 Å². The summed E-state index contributed by atoms with van der Waals surface area (Å²) in [5.41, 5.74) is 0.569. The number of rotatable bonds is 5. The molecule has 7 heteroatoms. The van der Waals surface area contributed by atoms with Gasteiger partial charge in [-0.15, -0.1) is 0 Å². The molecule has 5 rings (SSSR count). The molecule has 32 heavy (non-hydrogen) atoms. The Labute approximate surface area is 188 Å². The molecule has 0 unspecified atom stereocenters. The lowest BCUT2D eigenvalue weighted by Crippen LogP contribution is -2.48. The minimum Gasteiger partial charge on any atom is -0.448 e. The molecule has 1 saturated heterocycles. The van der Waals surface area contributed by atoms with Crippen molar-refractivity contribution in [2.75, 3.05) is 5.32 Å². The molecule has 2 fully saturated rings. The van der Waals surface area contributed by atoms with E-state index in [1.807, 2.05) is 32.1 Å². The molecule has 2 aliphatic heterocycles. The van der Waals surface area contributed by atoms with Crippen LogP contribution in [0.5, 0.6) is 11.5 Å². The number of amides is 3. The Morgan fingerprint density at radius 2 is 1.69 bits per heavy atom. The van der Waals surface area contributed by atoms with E-state index >= 15 is 0 Å². The molecule has 4 aliphatic rings. The molecule has 1 aromatic rings. The standard InChI is InChI=1S/C25H30N2O5/c1-15(2)13-19(27-23(29)17-7-3-4-8-18(17)24(27)30)22(28)26-16-9-10-20-21(14-16)32-25(31-20)11-5-6-12-25/h3-4,9-10,14-15,17-19H,5-8,11-13H2,1-2H3,(H,26,28)/t17-,18-,19-/m1/s1. The quantitative estimate of drug-likeness (QED) is 0.554. The summed E-state index contributed by atoms with van der Waals surface area (Å²) in [4.78, 5) is 40.7. The maximum Gasteiger partial charge on any atom is 0.251 e. The Balaban J connectivity index is 1.35. The number of nitrogens with one attached hydrogen (secondary N) is 1. The summed E-state index contributed by atoms with van der Waals surface area (Å²) >= 11 is 0. The lowest BCUT2D eigenvalue weighted by atomic mass is 9.85. The predicted octanol–water partition coefficient (Wildman–Crippen LogP) is 4.03. The van der Waals surface area contributed by atoms with Crippen LogP contribution in [0.25, 0.3) is 0 Å². The van der Waals surface area contributed by atoms with Gasteiger partial charge >= 0.3 is 0 Å². The highest BCUT2D eigenvalue weighted by atomic mass is 16.7. The second kappa shape index (κ2) is 7.94. The number of likely N-dealkylation sites (tertiary alicyclic amines) is 1. The van der Waals surface area contributed by atoms with Gasteiger partial charge in [-0.3, -0.25) is 19.3 Å². The van der Waals surface area contributed by atoms with Gasteiger partial charge in [-0.1, -0.05) is 26.0 Å². The van der Waals surface area contributed by atoms with Crippen LogP contribution < -0.4 is 14.8 Å². The molecule has 170 valence electrons. The molecular formula is C25H30N2O5. The van der Waals surface area contributed by atoms with Crippen LogP contribution in [0.4, 0.5) is 5.69 Å². The molecule has 1 spiro atoms. The smallest absolute Gasteiger partial charge is 0.251 e. The molecule has 3 atom stereocenters. The fraction of sp³-hybridized carbons (Fsp3) is 0.560. The van der Waals surface area contributed by atoms with Gasteiger partial charge in [0.1, 0.15) is 6.04 Å². The van der Waals surface area contributed by atoms with E-state index in [0.717, 1.165) is 25.7 Å². The Morgan fingerprint density at radius 3 is 2.31 bits per heavy atom. The molecule has 2 heterocycles. The fourth-order valence-electron chi connectivity index (χ4n) is 5.42. The van der Waals surface area contributed by atoms with Gasteiger partial charge in [0, 0.05) is 24.6 Å². The van der Waals surface area contributed by atoms with Gasteiger partial charge in [-0.2, -0.15) is 0 Å². The highest BCUT2D eigenvalue weighted by molar-refractivity contribution is 6.10. The van der Waals surface area contributed by atoms with Crippen molar-refractivity contribution in [3.05, 3.63) is 30.4 Å². The van der Waals surface area contributed by atoms with Crippen LogP contribution in [0, 0.1) is 17.8 Å². The molecule has 0 bridgehead atoms. The number of carbonyl (C=O) groups is 3. The topological polar surface area (TPSA) is 84.9 Å². The number of ether oxygens (including phenoxy) is 2. The van der Waals surface area contributed by atoms with Crippen LogP contribution in [0.1, 0.15) is 58.8 Å². The van der Waals surface area contributed by atoms with Gasteiger partial charge in [0.15, 0.2) is 11.5 Å². The minimum absolute atomic E-state index is 0.145. The van der Waals surface area contributed by atoms with Crippen molar-refractivity contribution in [3.63, 3.8) is 0 Å². The molecule has 7 nitrogen and oxygen atoms in total. The number of nitrogens with zero attached hydrogens (tertiary/aromatic N) is 1. The van der Waals surface area contributed by atoms with Crippen molar-refractivity contribution in [1.29, 1.82) is 0 Å². The minimum atomic E-state index is -0.827. The normalized spacial score (nSPS) is 26.2. The third-order valence-electron chi connectivity index (χ3n) is 7.02. The molecule has 1 N–H and O–H groups in total. The number of imide groups is 1. The van der Waals surface area contributed by atoms with Gasteiger partial charge in [0.05, 0.1) is 11.8 Å². The lowest BCUT2D eigenvalue weighted by Gasteiger charge is -2.27. The molecule has 2 aliphatic carbocycles. The first-order chi connectivity index (χ1) is 15.4. The highest BCUT2D eigenvalue weighted by Crippen LogP contribution is 2.47. The second-order valence-corrected chi connectivity index (χ2v) is 9.82. The zero-order valence-corrected chi connectivity index (χ0v) is 18.6. The third kappa shape index (κ3) is 3.57. The van der Waals surface area contributed by atoms with E-state index in [2.05, 4.69) is 5.32 Å². The largest absolute Gasteiger partial charge is 0.448 e. The van der Waals surface area contributed by atoms with Crippen LogP contribution in [0.3, 0.4) is 0 Å². The monoisotopic (exact) mass is 438 g/mol. The first-order valence-corrected chi connectivity index (χ1v) is 11.7. The summed E-state index contributed by atoms with van der Waals surface area (Å²) in [6, 6.07) is 4.52. The Kier molecular flexibility index (Phi) is 5.22. The molecule has 1 aromatic carbocycles. The Bertz CT molecular complexity index is 953. The van der Waals surface area contributed by atoms with Crippen LogP contribution >= 0.6 is 0 Å². The fourth-order valence-corrected chi connectivity index (χ4v) is 5.42. The number of fused-ring (bicyclic) bond motifs is 2. The van der Waals surface area contributed by atoms with Crippen molar-refractivity contribution in [1.82, 2.24) is 4.90 Å². The molecule has 1 saturated carbocycles. The van der Waals surface area contributed by atoms with E-state index in [-0.39, 0.29) is 35.5 Å². The number of anilines is 1. The molecule has 3 amide bonds. The second-order valence-electron chi connectivity index (χ2n) is 9.82. The van der Waals surface area contributed by atoms with Gasteiger partial charge in [0.25, 0.3) is 5.79 Å². The average molecular weight is 439 g/mol. The van der Waals surface area contributed by atoms with Crippen LogP contribution in [0.2, 0.25) is 0 Å². The van der Waals surface area contributed by atoms with Gasteiger partial charge in [-0.05, 0) is 50.2 Å². The SMILES string of the molecule is CC(C)C[C@H](C(=O)Nc1ccc2c(c1)OC1(CCCC1)O2)N1C(=O)[C@@H]2CC=CC[C@H]2C1=O. The van der Waals surface area contributed by atoms with Crippen molar-refractivity contribution in [2.24, 2.45) is 17.8 Å². The van der Waals surface area contributed by atoms with Gasteiger partial charge in [-0.25, -0.2) is 0 Å². The molecule has 0 aromatic heterocycles. The zero-order valence-electron chi connectivity index (χ0n) is 18.6. The number of hydrogen-bond acceptors (Lipinski definition) is 5. The Hall–Kier alpha value is -2.83. The summed E-state index contributed by atoms with van der Waals surface area (Å²) in [5.74, 6) is -0.596. The van der Waals surface area contributed by atoms with Crippen molar-refractivity contribution in [3.8, 4) is 11.5 Å². The third-order valence-corrected chi connectivity index (χ3v) is 7.02. The van der Waals surface area contributed by atoms with Crippen molar-refractivity contribution < 1.29 is 23.9 Å². The summed E-state index contributed by atoms with van der Waals surface area (Å²) in [5, 5.41) is 2.92. The van der Waals surface area contributed by atoms with Gasteiger partial charge < -0.3 is 14.8 Å². The highest BCUT2D eigenvalue weighted by Gasteiger charge is 2.51. The zero-order chi connectivity index (χ0) is 22.5. The number of carbonyl (C=O) groups excluding carboxylic acids is 3. The van der Waals surface area contributed by atoms with E-state index in [0.29, 0.717) is 36.4 Å². The van der Waals surface area contributed by atoms with Crippen LogP contribution in [-0.2, 0) is 14.4 Å². The first-order valence-electron chi connectivity index (χ1n) is 11.7. The average Bonchev–Trinajstić information content (AvgIpc) is 3.43. The summed E-state index contributed by atoms with van der Waals surface area (Å²) in [7, 11) is 0. The van der Waals surface area contributed by atoms with E-state index in [1.165, 1.54) is 4.90 Å². The van der Waals surface area contributed by atoms with E-state index < -0.39 is 11.8 Å². The van der Waals surface area contributed by atoms with Crippen LogP contribution in [0.15, 0.2) is 30.4 Å². The molecule has 0 radical (unpaired) electrons. The summed E-state index contributed by atoms with van der Waals surface area (Å²) in [6.45, 7) is 3.98. The Morgan fingerprint density at radius 1 is 1.06 bits per heavy atom. The number of benzene rings is 1. The lowest BCUT2D eigenvalue weighted by molar-refractivity contribution is -0.147. The predicted molar refractivity (Wildman–Crippen MR) is 118 cm³/mol. The first kappa shape index (κ1) is 21.0. The van der Waals surface area contributed by atoms with E-state index in [9.17, 15) is 14.4 Å². The summed E-state index contributed by atoms with van der Waals surface area (Å²) in [6.07, 6.45) is 9.32. The van der Waals surface area contributed by atoms with Crippen molar-refractivity contribution in [2.45, 2.75) is 70.6 Å². The van der Waals surface area contributed by atoms with E-state index in [4.69, 9.17) is 9.47 Å². The van der Waals surface area contributed by atoms with E-state index in [1.54, 1.807) is 12.1 Å². The maximum absolute atomic E-state index is 13.3. The van der Waals surface area contributed by atoms with Crippen molar-refractivity contribution >= 4 is 23.4 Å². The number of hydrogen-bond donors (Lipinski definition) is 1. The molecular weight excluding hydrogens is 408 g/mol. The maximum atomic E-state index is 13.3.